The van der Waals surface area contributed by atoms with Gasteiger partial charge in [0.1, 0.15) is 5.82 Å². The van der Waals surface area contributed by atoms with Gasteiger partial charge in [-0.1, -0.05) is 25.0 Å². The summed E-state index contributed by atoms with van der Waals surface area (Å²) in [5.74, 6) is -0.752. The second kappa shape index (κ2) is 9.37. The van der Waals surface area contributed by atoms with Crippen LogP contribution in [-0.4, -0.2) is 42.0 Å². The molecule has 1 aromatic rings. The Bertz CT molecular complexity index is 667. The van der Waals surface area contributed by atoms with Crippen LogP contribution in [0.2, 0.25) is 0 Å². The highest BCUT2D eigenvalue weighted by molar-refractivity contribution is 5.90. The smallest absolute Gasteiger partial charge is 0.321 e. The first-order valence-corrected chi connectivity index (χ1v) is 9.35. The summed E-state index contributed by atoms with van der Waals surface area (Å²) >= 11 is 0. The Labute approximate surface area is 165 Å². The molecule has 0 bridgehead atoms. The number of carbonyl (C=O) groups excluding carboxylic acids is 2. The molecule has 1 aliphatic carbocycles. The molecule has 1 atom stereocenters. The van der Waals surface area contributed by atoms with Crippen LogP contribution in [0, 0.1) is 11.7 Å². The van der Waals surface area contributed by atoms with Crippen LogP contribution in [0.4, 0.5) is 14.9 Å². The molecule has 0 radical (unpaired) electrons. The first-order chi connectivity index (χ1) is 12.5. The third-order valence-corrected chi connectivity index (χ3v) is 5.53. The minimum Gasteiger partial charge on any atom is -0.349 e. The summed E-state index contributed by atoms with van der Waals surface area (Å²) in [5.41, 5.74) is 5.76. The Morgan fingerprint density at radius 1 is 1.22 bits per heavy atom. The molecule has 6 nitrogen and oxygen atoms in total. The van der Waals surface area contributed by atoms with E-state index in [9.17, 15) is 14.0 Å². The molecule has 4 N–H and O–H groups in total. The van der Waals surface area contributed by atoms with Crippen molar-refractivity contribution < 1.29 is 14.0 Å². The third-order valence-electron chi connectivity index (χ3n) is 5.53. The normalized spacial score (nSPS) is 21.3. The van der Waals surface area contributed by atoms with Crippen molar-refractivity contribution in [3.05, 3.63) is 30.1 Å². The molecule has 150 valence electrons. The molecule has 2 fully saturated rings. The molecule has 27 heavy (non-hydrogen) atoms. The number of hydrogen-bond donors (Lipinski definition) is 3. The summed E-state index contributed by atoms with van der Waals surface area (Å²) in [6.45, 7) is 1.35. The summed E-state index contributed by atoms with van der Waals surface area (Å²) < 4.78 is 13.7. The van der Waals surface area contributed by atoms with Gasteiger partial charge >= 0.3 is 6.03 Å². The lowest BCUT2D eigenvalue weighted by Gasteiger charge is -2.35. The zero-order valence-corrected chi connectivity index (χ0v) is 16.2. The minimum atomic E-state index is -0.474. The van der Waals surface area contributed by atoms with Gasteiger partial charge in [-0.2, -0.15) is 0 Å². The number of anilines is 1. The number of para-hydroxylation sites is 1. The quantitative estimate of drug-likeness (QED) is 0.728. The molecule has 1 heterocycles. The number of likely N-dealkylation sites (tertiary alicyclic amines) is 1. The van der Waals surface area contributed by atoms with Gasteiger partial charge in [0.2, 0.25) is 5.91 Å². The summed E-state index contributed by atoms with van der Waals surface area (Å²) in [5, 5.41) is 5.74. The number of nitrogens with one attached hydrogen (secondary N) is 2. The SMILES string of the molecule is Cl.NCC1(NC(=O)C2CCCN(C(=O)Nc3ccccc3F)C2)CCCC1. The van der Waals surface area contributed by atoms with Crippen molar-refractivity contribution >= 4 is 30.0 Å². The molecule has 1 saturated carbocycles. The van der Waals surface area contributed by atoms with E-state index in [2.05, 4.69) is 10.6 Å². The molecule has 0 aromatic heterocycles. The lowest BCUT2D eigenvalue weighted by Crippen LogP contribution is -2.55. The maximum absolute atomic E-state index is 13.7. The molecular formula is C19H28ClFN4O2. The number of piperidine rings is 1. The van der Waals surface area contributed by atoms with E-state index in [0.717, 1.165) is 38.5 Å². The molecule has 2 aliphatic rings. The second-order valence-corrected chi connectivity index (χ2v) is 7.38. The first kappa shape index (κ1) is 21.4. The second-order valence-electron chi connectivity index (χ2n) is 7.38. The van der Waals surface area contributed by atoms with Crippen molar-refractivity contribution in [3.8, 4) is 0 Å². The van der Waals surface area contributed by atoms with E-state index in [1.165, 1.54) is 12.1 Å². The summed E-state index contributed by atoms with van der Waals surface area (Å²) in [6, 6.07) is 5.69. The monoisotopic (exact) mass is 398 g/mol. The average Bonchev–Trinajstić information content (AvgIpc) is 3.12. The van der Waals surface area contributed by atoms with Crippen LogP contribution in [0.25, 0.3) is 0 Å². The van der Waals surface area contributed by atoms with Crippen LogP contribution in [-0.2, 0) is 4.79 Å². The molecule has 3 rings (SSSR count). The van der Waals surface area contributed by atoms with Crippen molar-refractivity contribution in [2.24, 2.45) is 11.7 Å². The van der Waals surface area contributed by atoms with Crippen molar-refractivity contribution in [2.45, 2.75) is 44.1 Å². The fraction of sp³-hybridized carbons (Fsp3) is 0.579. The molecule has 1 aromatic carbocycles. The molecule has 1 aliphatic heterocycles. The summed E-state index contributed by atoms with van der Waals surface area (Å²) in [4.78, 5) is 26.7. The number of nitrogens with zero attached hydrogens (tertiary/aromatic N) is 1. The van der Waals surface area contributed by atoms with Gasteiger partial charge in [0.15, 0.2) is 0 Å². The van der Waals surface area contributed by atoms with Crippen molar-refractivity contribution in [1.29, 1.82) is 0 Å². The molecule has 8 heteroatoms. The van der Waals surface area contributed by atoms with E-state index < -0.39 is 5.82 Å². The van der Waals surface area contributed by atoms with Crippen LogP contribution < -0.4 is 16.4 Å². The minimum absolute atomic E-state index is 0. The van der Waals surface area contributed by atoms with E-state index in [1.54, 1.807) is 17.0 Å². The number of benzene rings is 1. The number of halogens is 2. The van der Waals surface area contributed by atoms with E-state index in [0.29, 0.717) is 19.6 Å². The highest BCUT2D eigenvalue weighted by atomic mass is 35.5. The Hall–Kier alpha value is -1.86. The highest BCUT2D eigenvalue weighted by Gasteiger charge is 2.37. The zero-order valence-electron chi connectivity index (χ0n) is 15.4. The third kappa shape index (κ3) is 5.11. The van der Waals surface area contributed by atoms with Crippen LogP contribution in [0.5, 0.6) is 0 Å². The molecule has 3 amide bonds. The first-order valence-electron chi connectivity index (χ1n) is 9.35. The fourth-order valence-corrected chi connectivity index (χ4v) is 3.93. The highest BCUT2D eigenvalue weighted by Crippen LogP contribution is 2.29. The molecule has 0 spiro atoms. The lowest BCUT2D eigenvalue weighted by molar-refractivity contribution is -0.128. The van der Waals surface area contributed by atoms with Crippen molar-refractivity contribution in [2.75, 3.05) is 25.0 Å². The van der Waals surface area contributed by atoms with Gasteiger partial charge < -0.3 is 21.3 Å². The maximum Gasteiger partial charge on any atom is 0.321 e. The fourth-order valence-electron chi connectivity index (χ4n) is 3.93. The number of urea groups is 1. The van der Waals surface area contributed by atoms with Crippen LogP contribution in [0.3, 0.4) is 0 Å². The maximum atomic E-state index is 13.7. The Kier molecular flexibility index (Phi) is 7.44. The predicted octanol–water partition coefficient (Wildman–Crippen LogP) is 2.88. The van der Waals surface area contributed by atoms with E-state index >= 15 is 0 Å². The van der Waals surface area contributed by atoms with Gasteiger partial charge in [0, 0.05) is 19.6 Å². The van der Waals surface area contributed by atoms with Crippen LogP contribution in [0.1, 0.15) is 38.5 Å². The lowest BCUT2D eigenvalue weighted by atomic mass is 9.93. The summed E-state index contributed by atoms with van der Waals surface area (Å²) in [7, 11) is 0. The molecule has 1 saturated heterocycles. The van der Waals surface area contributed by atoms with Gasteiger partial charge in [0.05, 0.1) is 17.1 Å². The largest absolute Gasteiger partial charge is 0.349 e. The number of rotatable bonds is 4. The van der Waals surface area contributed by atoms with Crippen molar-refractivity contribution in [3.63, 3.8) is 0 Å². The molecule has 1 unspecified atom stereocenters. The number of amides is 3. The van der Waals surface area contributed by atoms with Gasteiger partial charge in [-0.15, -0.1) is 12.4 Å². The predicted molar refractivity (Wildman–Crippen MR) is 105 cm³/mol. The summed E-state index contributed by atoms with van der Waals surface area (Å²) in [6.07, 6.45) is 5.49. The Balaban J connectivity index is 0.00000261. The van der Waals surface area contributed by atoms with Gasteiger partial charge in [-0.25, -0.2) is 9.18 Å². The Morgan fingerprint density at radius 2 is 1.93 bits per heavy atom. The number of hydrogen-bond acceptors (Lipinski definition) is 3. The van der Waals surface area contributed by atoms with Gasteiger partial charge in [-0.3, -0.25) is 4.79 Å². The number of nitrogens with two attached hydrogens (primary N) is 1. The standard InChI is InChI=1S/C19H27FN4O2.ClH/c20-15-7-1-2-8-16(15)22-18(26)24-11-5-6-14(12-24)17(25)23-19(13-21)9-3-4-10-19;/h1-2,7-8,14H,3-6,9-13,21H2,(H,22,26)(H,23,25);1H. The van der Waals surface area contributed by atoms with E-state index in [4.69, 9.17) is 5.73 Å². The van der Waals surface area contributed by atoms with E-state index in [1.807, 2.05) is 0 Å². The van der Waals surface area contributed by atoms with Gasteiger partial charge in [0.25, 0.3) is 0 Å². The van der Waals surface area contributed by atoms with Crippen LogP contribution in [0.15, 0.2) is 24.3 Å². The average molecular weight is 399 g/mol. The number of carbonyl (C=O) groups is 2. The topological polar surface area (TPSA) is 87.5 Å². The van der Waals surface area contributed by atoms with Crippen molar-refractivity contribution in [1.82, 2.24) is 10.2 Å². The Morgan fingerprint density at radius 3 is 2.59 bits per heavy atom. The van der Waals surface area contributed by atoms with E-state index in [-0.39, 0.29) is 41.5 Å². The molecular weight excluding hydrogens is 371 g/mol. The van der Waals surface area contributed by atoms with Crippen LogP contribution >= 0.6 is 12.4 Å². The zero-order chi connectivity index (χ0) is 18.6. The van der Waals surface area contributed by atoms with Gasteiger partial charge in [-0.05, 0) is 37.8 Å².